The molecule has 3 aromatic rings. The molecule has 0 amide bonds. The van der Waals surface area contributed by atoms with Gasteiger partial charge in [-0.3, -0.25) is 0 Å². The molecule has 0 saturated carbocycles. The molecule has 109 valence electrons. The second-order valence-electron chi connectivity index (χ2n) is 4.72. The SMILES string of the molecule is C(#Cc1ccccc1)[C](c1ccccc1)c1ccccc1.[HH].[HH].[HH].[Sn]. The minimum absolute atomic E-state index is 0. The molecule has 0 saturated heterocycles. The van der Waals surface area contributed by atoms with E-state index in [0.29, 0.717) is 0 Å². The molecule has 0 fully saturated rings. The van der Waals surface area contributed by atoms with Crippen LogP contribution in [0.1, 0.15) is 21.0 Å². The Morgan fingerprint density at radius 3 is 1.45 bits per heavy atom. The van der Waals surface area contributed by atoms with Gasteiger partial charge in [0.05, 0.1) is 0 Å². The van der Waals surface area contributed by atoms with Gasteiger partial charge in [0.1, 0.15) is 5.92 Å². The van der Waals surface area contributed by atoms with Crippen molar-refractivity contribution in [2.45, 2.75) is 0 Å². The zero-order chi connectivity index (χ0) is 14.3. The topological polar surface area (TPSA) is 0 Å². The van der Waals surface area contributed by atoms with Crippen molar-refractivity contribution in [2.75, 3.05) is 0 Å². The van der Waals surface area contributed by atoms with Crippen molar-refractivity contribution < 1.29 is 4.28 Å². The van der Waals surface area contributed by atoms with Crippen LogP contribution in [0.4, 0.5) is 0 Å². The second-order valence-corrected chi connectivity index (χ2v) is 4.72. The monoisotopic (exact) mass is 393 g/mol. The van der Waals surface area contributed by atoms with E-state index in [1.165, 1.54) is 0 Å². The summed E-state index contributed by atoms with van der Waals surface area (Å²) in [4.78, 5) is 0. The van der Waals surface area contributed by atoms with Gasteiger partial charge in [-0.05, 0) is 23.3 Å². The molecule has 3 aromatic carbocycles. The van der Waals surface area contributed by atoms with Crippen molar-refractivity contribution in [3.05, 3.63) is 114 Å². The van der Waals surface area contributed by atoms with Crippen molar-refractivity contribution in [3.63, 3.8) is 0 Å². The Labute approximate surface area is 153 Å². The molecule has 0 aromatic heterocycles. The molecule has 0 heterocycles. The van der Waals surface area contributed by atoms with E-state index in [1.54, 1.807) is 0 Å². The van der Waals surface area contributed by atoms with Crippen molar-refractivity contribution >= 4 is 23.9 Å². The molecule has 5 radical (unpaired) electrons. The molecule has 0 N–H and O–H groups in total. The average Bonchev–Trinajstić information content (AvgIpc) is 2.58. The van der Waals surface area contributed by atoms with E-state index in [0.717, 1.165) is 22.6 Å². The van der Waals surface area contributed by atoms with Crippen molar-refractivity contribution in [1.29, 1.82) is 0 Å². The van der Waals surface area contributed by atoms with Gasteiger partial charge in [0, 0.05) is 33.8 Å². The molecule has 0 nitrogen and oxygen atoms in total. The van der Waals surface area contributed by atoms with Gasteiger partial charge < -0.3 is 0 Å². The van der Waals surface area contributed by atoms with E-state index in [4.69, 9.17) is 0 Å². The predicted molar refractivity (Wildman–Crippen MR) is 99.7 cm³/mol. The summed E-state index contributed by atoms with van der Waals surface area (Å²) < 4.78 is 0. The quantitative estimate of drug-likeness (QED) is 0.422. The molecular formula is C21H21Sn. The Kier molecular flexibility index (Phi) is 6.30. The minimum atomic E-state index is 0. The van der Waals surface area contributed by atoms with E-state index in [2.05, 4.69) is 36.1 Å². The first-order chi connectivity index (χ1) is 10.4. The standard InChI is InChI=1S/C21H15.Sn.3H2/c1-4-10-18(11-5-1)16-17-21(19-12-6-2-7-13-19)20-14-8-3-9-15-20;;;;/h1-15H;;3*1H. The molecule has 0 atom stereocenters. The first kappa shape index (κ1) is 16.4. The normalized spacial score (nSPS) is 9.50. The molecule has 0 aliphatic heterocycles. The molecule has 0 aliphatic rings. The zero-order valence-corrected chi connectivity index (χ0v) is 15.0. The Bertz CT molecular complexity index is 711. The van der Waals surface area contributed by atoms with Crippen LogP contribution in [0, 0.1) is 17.8 Å². The molecular weight excluding hydrogens is 371 g/mol. The van der Waals surface area contributed by atoms with Crippen LogP contribution in [0.5, 0.6) is 0 Å². The zero-order valence-electron chi connectivity index (χ0n) is 12.2. The Balaban J connectivity index is 0. The maximum Gasteiger partial charge on any atom is 0.106 e. The molecule has 0 aliphatic carbocycles. The molecule has 0 bridgehead atoms. The first-order valence-electron chi connectivity index (χ1n) is 6.98. The fourth-order valence-electron chi connectivity index (χ4n) is 2.18. The van der Waals surface area contributed by atoms with Gasteiger partial charge in [-0.2, -0.15) is 0 Å². The van der Waals surface area contributed by atoms with Crippen LogP contribution in [0.15, 0.2) is 91.0 Å². The first-order valence-corrected chi connectivity index (χ1v) is 6.98. The molecule has 3 rings (SSSR count). The van der Waals surface area contributed by atoms with E-state index < -0.39 is 0 Å². The Morgan fingerprint density at radius 2 is 1.00 bits per heavy atom. The van der Waals surface area contributed by atoms with Crippen molar-refractivity contribution in [3.8, 4) is 11.8 Å². The van der Waals surface area contributed by atoms with Crippen LogP contribution < -0.4 is 0 Å². The largest absolute Gasteiger partial charge is 0.106 e. The summed E-state index contributed by atoms with van der Waals surface area (Å²) in [6.45, 7) is 0. The Morgan fingerprint density at radius 1 is 0.591 bits per heavy atom. The fourth-order valence-corrected chi connectivity index (χ4v) is 2.18. The van der Waals surface area contributed by atoms with Gasteiger partial charge in [0.25, 0.3) is 0 Å². The third-order valence-electron chi connectivity index (χ3n) is 3.23. The van der Waals surface area contributed by atoms with Crippen LogP contribution >= 0.6 is 0 Å². The maximum absolute atomic E-state index is 3.34. The summed E-state index contributed by atoms with van der Waals surface area (Å²) in [5.74, 6) is 7.65. The van der Waals surface area contributed by atoms with Crippen LogP contribution in [0.3, 0.4) is 0 Å². The predicted octanol–water partition coefficient (Wildman–Crippen LogP) is 5.07. The second kappa shape index (κ2) is 8.46. The summed E-state index contributed by atoms with van der Waals surface area (Å²) in [6, 6.07) is 30.7. The van der Waals surface area contributed by atoms with E-state index in [1.807, 2.05) is 66.7 Å². The minimum Gasteiger partial charge on any atom is -0.0790 e. The van der Waals surface area contributed by atoms with Gasteiger partial charge >= 0.3 is 0 Å². The molecule has 0 unspecified atom stereocenters. The third kappa shape index (κ3) is 4.26. The Hall–Kier alpha value is -1.98. The molecule has 1 heteroatoms. The summed E-state index contributed by atoms with van der Waals surface area (Å²) in [5.41, 5.74) is 3.32. The summed E-state index contributed by atoms with van der Waals surface area (Å²) in [6.07, 6.45) is 0. The molecule has 22 heavy (non-hydrogen) atoms. The van der Waals surface area contributed by atoms with E-state index in [-0.39, 0.29) is 28.2 Å². The number of hydrogen-bond donors (Lipinski definition) is 0. The van der Waals surface area contributed by atoms with Gasteiger partial charge in [-0.15, -0.1) is 0 Å². The van der Waals surface area contributed by atoms with Crippen LogP contribution in [-0.2, 0) is 0 Å². The van der Waals surface area contributed by atoms with Crippen LogP contribution in [0.25, 0.3) is 0 Å². The average molecular weight is 392 g/mol. The third-order valence-corrected chi connectivity index (χ3v) is 3.23. The van der Waals surface area contributed by atoms with Gasteiger partial charge in [0.2, 0.25) is 0 Å². The van der Waals surface area contributed by atoms with Crippen molar-refractivity contribution in [1.82, 2.24) is 0 Å². The van der Waals surface area contributed by atoms with Crippen LogP contribution in [-0.4, -0.2) is 23.9 Å². The number of rotatable bonds is 2. The molecule has 0 spiro atoms. The van der Waals surface area contributed by atoms with Gasteiger partial charge in [0.15, 0.2) is 0 Å². The van der Waals surface area contributed by atoms with Gasteiger partial charge in [-0.1, -0.05) is 90.7 Å². The number of benzene rings is 3. The summed E-state index contributed by atoms with van der Waals surface area (Å²) >= 11 is 0. The smallest absolute Gasteiger partial charge is 0.0790 e. The van der Waals surface area contributed by atoms with Crippen LogP contribution in [0.2, 0.25) is 0 Å². The van der Waals surface area contributed by atoms with Crippen molar-refractivity contribution in [2.24, 2.45) is 0 Å². The maximum atomic E-state index is 3.34. The summed E-state index contributed by atoms with van der Waals surface area (Å²) in [5, 5.41) is 0. The van der Waals surface area contributed by atoms with E-state index in [9.17, 15) is 0 Å². The fraction of sp³-hybridized carbons (Fsp3) is 0. The van der Waals surface area contributed by atoms with E-state index >= 15 is 0 Å². The van der Waals surface area contributed by atoms with Gasteiger partial charge in [-0.25, -0.2) is 0 Å². The summed E-state index contributed by atoms with van der Waals surface area (Å²) in [7, 11) is 0. The number of hydrogen-bond acceptors (Lipinski definition) is 0.